The van der Waals surface area contributed by atoms with Gasteiger partial charge < -0.3 is 15.0 Å². The molecule has 0 saturated carbocycles. The van der Waals surface area contributed by atoms with E-state index in [9.17, 15) is 0 Å². The molecule has 1 saturated heterocycles. The largest absolute Gasteiger partial charge is 0.378 e. The summed E-state index contributed by atoms with van der Waals surface area (Å²) in [5, 5.41) is 3.46. The van der Waals surface area contributed by atoms with E-state index >= 15 is 0 Å². The molecular weight excluding hydrogens is 236 g/mol. The van der Waals surface area contributed by atoms with Crippen molar-refractivity contribution in [1.29, 1.82) is 0 Å². The Kier molecular flexibility index (Phi) is 4.04. The Morgan fingerprint density at radius 3 is 2.95 bits per heavy atom. The summed E-state index contributed by atoms with van der Waals surface area (Å²) in [6, 6.07) is 6.76. The molecule has 3 rings (SSSR count). The van der Waals surface area contributed by atoms with Crippen molar-refractivity contribution in [3.63, 3.8) is 0 Å². The van der Waals surface area contributed by atoms with Crippen LogP contribution in [-0.2, 0) is 17.7 Å². The lowest BCUT2D eigenvalue weighted by Gasteiger charge is -2.35. The van der Waals surface area contributed by atoms with Crippen molar-refractivity contribution in [3.8, 4) is 0 Å². The topological polar surface area (TPSA) is 24.5 Å². The smallest absolute Gasteiger partial charge is 0.0608 e. The molecule has 104 valence electrons. The fourth-order valence-electron chi connectivity index (χ4n) is 3.31. The third kappa shape index (κ3) is 2.77. The lowest BCUT2D eigenvalue weighted by Crippen LogP contribution is -2.38. The first-order valence-electron chi connectivity index (χ1n) is 7.56. The normalized spacial score (nSPS) is 20.4. The molecule has 0 aliphatic carbocycles. The number of nitrogens with one attached hydrogen (secondary N) is 1. The predicted octanol–water partition coefficient (Wildman–Crippen LogP) is 2.34. The maximum absolute atomic E-state index is 5.74. The second kappa shape index (κ2) is 5.93. The highest BCUT2D eigenvalue weighted by molar-refractivity contribution is 5.58. The van der Waals surface area contributed by atoms with Crippen molar-refractivity contribution in [2.75, 3.05) is 31.1 Å². The second-order valence-corrected chi connectivity index (χ2v) is 5.48. The van der Waals surface area contributed by atoms with E-state index in [-0.39, 0.29) is 0 Å². The third-order valence-electron chi connectivity index (χ3n) is 4.30. The summed E-state index contributed by atoms with van der Waals surface area (Å²) in [6.07, 6.45) is 3.96. The molecule has 1 fully saturated rings. The number of piperidine rings is 1. The van der Waals surface area contributed by atoms with Crippen LogP contribution in [0.5, 0.6) is 0 Å². The average Bonchev–Trinajstić information content (AvgIpc) is 2.48. The van der Waals surface area contributed by atoms with Gasteiger partial charge in [0.25, 0.3) is 0 Å². The predicted molar refractivity (Wildman–Crippen MR) is 78.7 cm³/mol. The van der Waals surface area contributed by atoms with Gasteiger partial charge in [-0.05, 0) is 49.9 Å². The number of benzene rings is 1. The maximum Gasteiger partial charge on any atom is 0.0608 e. The van der Waals surface area contributed by atoms with Crippen molar-refractivity contribution in [2.45, 2.75) is 38.8 Å². The van der Waals surface area contributed by atoms with Gasteiger partial charge in [-0.1, -0.05) is 12.1 Å². The van der Waals surface area contributed by atoms with E-state index in [4.69, 9.17) is 4.74 Å². The van der Waals surface area contributed by atoms with Crippen LogP contribution in [0.15, 0.2) is 18.2 Å². The molecule has 19 heavy (non-hydrogen) atoms. The first kappa shape index (κ1) is 12.9. The van der Waals surface area contributed by atoms with Gasteiger partial charge >= 0.3 is 0 Å². The molecule has 1 aromatic rings. The molecule has 2 aliphatic heterocycles. The number of anilines is 1. The van der Waals surface area contributed by atoms with Gasteiger partial charge in [-0.3, -0.25) is 0 Å². The zero-order valence-corrected chi connectivity index (χ0v) is 11.8. The van der Waals surface area contributed by atoms with Crippen molar-refractivity contribution in [2.24, 2.45) is 0 Å². The Bertz CT molecular complexity index is 425. The quantitative estimate of drug-likeness (QED) is 0.903. The van der Waals surface area contributed by atoms with Crippen LogP contribution >= 0.6 is 0 Å². The van der Waals surface area contributed by atoms with Crippen LogP contribution in [0.25, 0.3) is 0 Å². The van der Waals surface area contributed by atoms with Crippen LogP contribution in [0.2, 0.25) is 0 Å². The Labute approximate surface area is 115 Å². The van der Waals surface area contributed by atoms with Gasteiger partial charge in [0, 0.05) is 31.9 Å². The molecule has 0 spiro atoms. The lowest BCUT2D eigenvalue weighted by molar-refractivity contribution is 0.0459. The van der Waals surface area contributed by atoms with Gasteiger partial charge in [-0.15, -0.1) is 0 Å². The zero-order chi connectivity index (χ0) is 13.1. The molecule has 0 aromatic heterocycles. The number of nitrogens with zero attached hydrogens (tertiary/aromatic N) is 1. The molecule has 0 atom stereocenters. The van der Waals surface area contributed by atoms with Crippen LogP contribution < -0.4 is 10.2 Å². The second-order valence-electron chi connectivity index (χ2n) is 5.48. The van der Waals surface area contributed by atoms with Gasteiger partial charge in [-0.2, -0.15) is 0 Å². The molecule has 0 amide bonds. The van der Waals surface area contributed by atoms with E-state index in [0.717, 1.165) is 52.0 Å². The molecule has 0 radical (unpaired) electrons. The first-order valence-corrected chi connectivity index (χ1v) is 7.56. The zero-order valence-electron chi connectivity index (χ0n) is 11.8. The van der Waals surface area contributed by atoms with Gasteiger partial charge in [0.2, 0.25) is 0 Å². The summed E-state index contributed by atoms with van der Waals surface area (Å²) in [7, 11) is 0. The van der Waals surface area contributed by atoms with Crippen LogP contribution in [0.1, 0.15) is 30.9 Å². The molecule has 3 nitrogen and oxygen atoms in total. The monoisotopic (exact) mass is 260 g/mol. The molecule has 1 aromatic carbocycles. The van der Waals surface area contributed by atoms with E-state index in [0.29, 0.717) is 6.10 Å². The van der Waals surface area contributed by atoms with Gasteiger partial charge in [-0.25, -0.2) is 0 Å². The minimum atomic E-state index is 0.474. The Morgan fingerprint density at radius 2 is 2.16 bits per heavy atom. The van der Waals surface area contributed by atoms with Crippen molar-refractivity contribution >= 4 is 5.69 Å². The number of rotatable bonds is 3. The molecule has 1 N–H and O–H groups in total. The number of ether oxygens (including phenoxy) is 1. The van der Waals surface area contributed by atoms with Crippen LogP contribution in [0.4, 0.5) is 5.69 Å². The molecule has 2 aliphatic rings. The minimum Gasteiger partial charge on any atom is -0.378 e. The summed E-state index contributed by atoms with van der Waals surface area (Å²) < 4.78 is 5.74. The van der Waals surface area contributed by atoms with Crippen LogP contribution in [-0.4, -0.2) is 32.3 Å². The van der Waals surface area contributed by atoms with Gasteiger partial charge in [0.15, 0.2) is 0 Å². The fraction of sp³-hybridized carbons (Fsp3) is 0.625. The molecule has 2 heterocycles. The number of hydrogen-bond acceptors (Lipinski definition) is 3. The molecular formula is C16H24N2O. The maximum atomic E-state index is 5.74. The highest BCUT2D eigenvalue weighted by Crippen LogP contribution is 2.29. The lowest BCUT2D eigenvalue weighted by atomic mass is 9.97. The van der Waals surface area contributed by atoms with E-state index in [1.165, 1.54) is 11.3 Å². The number of fused-ring (bicyclic) bond motifs is 1. The molecule has 0 bridgehead atoms. The standard InChI is InChI=1S/C16H24N2O/c1-2-19-14-7-10-18(11-8-14)16-5-3-4-13-12-17-9-6-15(13)16/h3-5,14,17H,2,6-12H2,1H3. The average molecular weight is 260 g/mol. The first-order chi connectivity index (χ1) is 9.38. The van der Waals surface area contributed by atoms with Gasteiger partial charge in [0.1, 0.15) is 0 Å². The SMILES string of the molecule is CCOC1CCN(c2cccc3c2CCNC3)CC1. The Balaban J connectivity index is 1.73. The van der Waals surface area contributed by atoms with E-state index < -0.39 is 0 Å². The van der Waals surface area contributed by atoms with E-state index in [1.807, 2.05) is 0 Å². The Morgan fingerprint density at radius 1 is 1.32 bits per heavy atom. The summed E-state index contributed by atoms with van der Waals surface area (Å²) in [5.41, 5.74) is 4.51. The van der Waals surface area contributed by atoms with Crippen molar-refractivity contribution in [3.05, 3.63) is 29.3 Å². The summed E-state index contributed by atoms with van der Waals surface area (Å²) in [6.45, 7) is 7.34. The minimum absolute atomic E-state index is 0.474. The van der Waals surface area contributed by atoms with Crippen LogP contribution in [0, 0.1) is 0 Å². The highest BCUT2D eigenvalue weighted by atomic mass is 16.5. The third-order valence-corrected chi connectivity index (χ3v) is 4.30. The summed E-state index contributed by atoms with van der Waals surface area (Å²) >= 11 is 0. The van der Waals surface area contributed by atoms with Crippen molar-refractivity contribution < 1.29 is 4.74 Å². The molecule has 0 unspecified atom stereocenters. The highest BCUT2D eigenvalue weighted by Gasteiger charge is 2.22. The fourth-order valence-corrected chi connectivity index (χ4v) is 3.31. The Hall–Kier alpha value is -1.06. The van der Waals surface area contributed by atoms with E-state index in [1.54, 1.807) is 5.56 Å². The van der Waals surface area contributed by atoms with Crippen LogP contribution in [0.3, 0.4) is 0 Å². The van der Waals surface area contributed by atoms with Gasteiger partial charge in [0.05, 0.1) is 6.10 Å². The van der Waals surface area contributed by atoms with E-state index in [2.05, 4.69) is 35.3 Å². The number of hydrogen-bond donors (Lipinski definition) is 1. The van der Waals surface area contributed by atoms with Crippen molar-refractivity contribution in [1.82, 2.24) is 5.32 Å². The summed E-state index contributed by atoms with van der Waals surface area (Å²) in [4.78, 5) is 2.56. The summed E-state index contributed by atoms with van der Waals surface area (Å²) in [5.74, 6) is 0. The molecule has 3 heteroatoms.